The first kappa shape index (κ1) is 17.4. The van der Waals surface area contributed by atoms with E-state index in [0.717, 1.165) is 32.3 Å². The molecule has 1 aromatic heterocycles. The molecule has 1 amide bonds. The van der Waals surface area contributed by atoms with E-state index in [2.05, 4.69) is 5.32 Å². The zero-order chi connectivity index (χ0) is 17.2. The Morgan fingerprint density at radius 2 is 2.08 bits per heavy atom. The van der Waals surface area contributed by atoms with E-state index in [1.54, 1.807) is 6.92 Å². The van der Waals surface area contributed by atoms with Crippen LogP contribution in [0.25, 0.3) is 0 Å². The minimum absolute atomic E-state index is 0.0435. The van der Waals surface area contributed by atoms with E-state index in [0.29, 0.717) is 32.2 Å². The molecule has 0 aliphatic carbocycles. The summed E-state index contributed by atoms with van der Waals surface area (Å²) in [6, 6.07) is 1.34. The van der Waals surface area contributed by atoms with Crippen LogP contribution in [0.5, 0.6) is 0 Å². The van der Waals surface area contributed by atoms with E-state index >= 15 is 0 Å². The van der Waals surface area contributed by atoms with Gasteiger partial charge in [0.05, 0.1) is 6.61 Å². The molecule has 0 aromatic carbocycles. The quantitative estimate of drug-likeness (QED) is 0.864. The molecule has 0 spiro atoms. The molecule has 2 aliphatic heterocycles. The van der Waals surface area contributed by atoms with Crippen LogP contribution in [0.1, 0.15) is 42.0 Å². The number of hydrogen-bond donors (Lipinski definition) is 1. The molecule has 1 N–H and O–H groups in total. The number of aryl methyl sites for hydroxylation is 1. The zero-order valence-corrected chi connectivity index (χ0v) is 14.7. The van der Waals surface area contributed by atoms with E-state index in [4.69, 9.17) is 9.15 Å². The normalized spacial score (nSPS) is 22.6. The first-order chi connectivity index (χ1) is 11.5. The van der Waals surface area contributed by atoms with Crippen molar-refractivity contribution < 1.29 is 22.4 Å². The number of carbonyl (C=O) groups is 1. The number of rotatable bonds is 5. The van der Waals surface area contributed by atoms with Crippen molar-refractivity contribution in [1.82, 2.24) is 9.62 Å². The number of carbonyl (C=O) groups excluding carboxylic acids is 1. The number of nitrogens with one attached hydrogen (secondary N) is 1. The average Bonchev–Trinajstić information content (AvgIpc) is 3.23. The predicted molar refractivity (Wildman–Crippen MR) is 87.3 cm³/mol. The summed E-state index contributed by atoms with van der Waals surface area (Å²) in [7, 11) is -3.58. The summed E-state index contributed by atoms with van der Waals surface area (Å²) in [6.45, 7) is 4.55. The maximum Gasteiger partial charge on any atom is 0.287 e. The Labute approximate surface area is 142 Å². The SMILES string of the molecule is Cc1oc(C(=O)NC[C@H]2CCCOC2)cc1S(=O)(=O)N1CCCC1. The summed E-state index contributed by atoms with van der Waals surface area (Å²) in [5.74, 6) is 0.216. The molecule has 0 bridgehead atoms. The Bertz CT molecular complexity index is 685. The highest BCUT2D eigenvalue weighted by Gasteiger charge is 2.31. The summed E-state index contributed by atoms with van der Waals surface area (Å²) in [6.07, 6.45) is 3.75. The van der Waals surface area contributed by atoms with Crippen LogP contribution in [0.15, 0.2) is 15.4 Å². The second-order valence-corrected chi connectivity index (χ2v) is 8.34. The summed E-state index contributed by atoms with van der Waals surface area (Å²) in [4.78, 5) is 12.3. The van der Waals surface area contributed by atoms with Crippen LogP contribution in [0.3, 0.4) is 0 Å². The van der Waals surface area contributed by atoms with Crippen LogP contribution in [-0.2, 0) is 14.8 Å². The number of nitrogens with zero attached hydrogens (tertiary/aromatic N) is 1. The molecule has 2 saturated heterocycles. The maximum absolute atomic E-state index is 12.6. The largest absolute Gasteiger partial charge is 0.455 e. The van der Waals surface area contributed by atoms with E-state index < -0.39 is 10.0 Å². The van der Waals surface area contributed by atoms with Crippen molar-refractivity contribution in [3.8, 4) is 0 Å². The third-order valence-corrected chi connectivity index (χ3v) is 6.59. The molecule has 8 heteroatoms. The molecule has 1 aromatic rings. The van der Waals surface area contributed by atoms with Gasteiger partial charge in [-0.3, -0.25) is 4.79 Å². The van der Waals surface area contributed by atoms with Crippen LogP contribution in [0.4, 0.5) is 0 Å². The van der Waals surface area contributed by atoms with Gasteiger partial charge in [-0.2, -0.15) is 4.31 Å². The molecule has 0 unspecified atom stereocenters. The Morgan fingerprint density at radius 3 is 2.75 bits per heavy atom. The molecule has 3 rings (SSSR count). The lowest BCUT2D eigenvalue weighted by Gasteiger charge is -2.21. The Morgan fingerprint density at radius 1 is 1.33 bits per heavy atom. The summed E-state index contributed by atoms with van der Waals surface area (Å²) in [5.41, 5.74) is 0. The number of ether oxygens (including phenoxy) is 1. The fourth-order valence-corrected chi connectivity index (χ4v) is 4.87. The summed E-state index contributed by atoms with van der Waals surface area (Å²) >= 11 is 0. The number of furan rings is 1. The average molecular weight is 356 g/mol. The molecule has 2 aliphatic rings. The van der Waals surface area contributed by atoms with Crippen molar-refractivity contribution in [1.29, 1.82) is 0 Å². The number of amides is 1. The minimum Gasteiger partial charge on any atom is -0.455 e. The van der Waals surface area contributed by atoms with Crippen LogP contribution < -0.4 is 5.32 Å². The first-order valence-electron chi connectivity index (χ1n) is 8.45. The molecular weight excluding hydrogens is 332 g/mol. The van der Waals surface area contributed by atoms with Crippen molar-refractivity contribution in [3.05, 3.63) is 17.6 Å². The molecule has 2 fully saturated rings. The van der Waals surface area contributed by atoms with Gasteiger partial charge in [-0.25, -0.2) is 8.42 Å². The van der Waals surface area contributed by atoms with Gasteiger partial charge < -0.3 is 14.5 Å². The van der Waals surface area contributed by atoms with Gasteiger partial charge in [0.1, 0.15) is 10.7 Å². The van der Waals surface area contributed by atoms with Crippen molar-refractivity contribution in [3.63, 3.8) is 0 Å². The van der Waals surface area contributed by atoms with Crippen LogP contribution in [0, 0.1) is 12.8 Å². The van der Waals surface area contributed by atoms with Gasteiger partial charge in [0.15, 0.2) is 5.76 Å². The van der Waals surface area contributed by atoms with Gasteiger partial charge in [-0.1, -0.05) is 0 Å². The summed E-state index contributed by atoms with van der Waals surface area (Å²) < 4.78 is 37.5. The maximum atomic E-state index is 12.6. The topological polar surface area (TPSA) is 88.8 Å². The molecule has 0 saturated carbocycles. The predicted octanol–water partition coefficient (Wildman–Crippen LogP) is 1.53. The lowest BCUT2D eigenvalue weighted by atomic mass is 10.0. The van der Waals surface area contributed by atoms with E-state index in [-0.39, 0.29) is 22.3 Å². The fraction of sp³-hybridized carbons (Fsp3) is 0.688. The van der Waals surface area contributed by atoms with Gasteiger partial charge >= 0.3 is 0 Å². The third-order valence-electron chi connectivity index (χ3n) is 4.58. The molecular formula is C16H24N2O5S. The molecule has 7 nitrogen and oxygen atoms in total. The van der Waals surface area contributed by atoms with Crippen LogP contribution >= 0.6 is 0 Å². The monoisotopic (exact) mass is 356 g/mol. The zero-order valence-electron chi connectivity index (χ0n) is 13.9. The first-order valence-corrected chi connectivity index (χ1v) is 9.89. The van der Waals surface area contributed by atoms with Gasteiger partial charge in [0.25, 0.3) is 5.91 Å². The minimum atomic E-state index is -3.58. The fourth-order valence-electron chi connectivity index (χ4n) is 3.19. The molecule has 24 heavy (non-hydrogen) atoms. The van der Waals surface area contributed by atoms with Gasteiger partial charge in [0, 0.05) is 32.3 Å². The smallest absolute Gasteiger partial charge is 0.287 e. The molecule has 1 atom stereocenters. The van der Waals surface area contributed by atoms with Crippen molar-refractivity contribution >= 4 is 15.9 Å². The highest BCUT2D eigenvalue weighted by molar-refractivity contribution is 7.89. The van der Waals surface area contributed by atoms with E-state index in [9.17, 15) is 13.2 Å². The molecule has 3 heterocycles. The van der Waals surface area contributed by atoms with Gasteiger partial charge in [-0.15, -0.1) is 0 Å². The van der Waals surface area contributed by atoms with Gasteiger partial charge in [-0.05, 0) is 38.5 Å². The molecule has 0 radical (unpaired) electrons. The second kappa shape index (κ2) is 7.25. The Kier molecular flexibility index (Phi) is 5.27. The Balaban J connectivity index is 1.67. The summed E-state index contributed by atoms with van der Waals surface area (Å²) in [5, 5.41) is 2.81. The van der Waals surface area contributed by atoms with Crippen molar-refractivity contribution in [2.45, 2.75) is 37.5 Å². The standard InChI is InChI=1S/C16H24N2O5S/c1-12-15(24(20,21)18-6-2-3-7-18)9-14(23-12)16(19)17-10-13-5-4-8-22-11-13/h9,13H,2-8,10-11H2,1H3,(H,17,19)/t13-/m1/s1. The van der Waals surface area contributed by atoms with Crippen molar-refractivity contribution in [2.75, 3.05) is 32.8 Å². The highest BCUT2D eigenvalue weighted by Crippen LogP contribution is 2.26. The number of sulfonamides is 1. The van der Waals surface area contributed by atoms with Crippen molar-refractivity contribution in [2.24, 2.45) is 5.92 Å². The van der Waals surface area contributed by atoms with Gasteiger partial charge in [0.2, 0.25) is 10.0 Å². The van der Waals surface area contributed by atoms with E-state index in [1.165, 1.54) is 10.4 Å². The van der Waals surface area contributed by atoms with Crippen LogP contribution in [-0.4, -0.2) is 51.5 Å². The van der Waals surface area contributed by atoms with Crippen LogP contribution in [0.2, 0.25) is 0 Å². The number of hydrogen-bond acceptors (Lipinski definition) is 5. The lowest BCUT2D eigenvalue weighted by Crippen LogP contribution is -2.33. The molecule has 134 valence electrons. The third kappa shape index (κ3) is 3.65. The Hall–Kier alpha value is -1.38. The second-order valence-electron chi connectivity index (χ2n) is 6.44. The lowest BCUT2D eigenvalue weighted by molar-refractivity contribution is 0.0533. The highest BCUT2D eigenvalue weighted by atomic mass is 32.2. The van der Waals surface area contributed by atoms with E-state index in [1.807, 2.05) is 0 Å².